The molecule has 1 heterocycles. The molecule has 34 heavy (non-hydrogen) atoms. The number of non-ortho nitro benzene ring substituents is 1. The lowest BCUT2D eigenvalue weighted by molar-refractivity contribution is -0.385. The van der Waals surface area contributed by atoms with Gasteiger partial charge in [-0.1, -0.05) is 30.3 Å². The molecule has 1 N–H and O–H groups in total. The van der Waals surface area contributed by atoms with Crippen molar-refractivity contribution in [3.05, 3.63) is 69.8 Å². The number of carbonyl (C=O) groups is 1. The number of nitro benzene ring substituents is 1. The molecule has 1 saturated heterocycles. The molecular formula is C23H30N4O6S. The molecule has 1 fully saturated rings. The Morgan fingerprint density at radius 3 is 2.35 bits per heavy atom. The molecule has 2 aromatic rings. The zero-order valence-corrected chi connectivity index (χ0v) is 20.4. The van der Waals surface area contributed by atoms with Gasteiger partial charge in [-0.3, -0.25) is 10.1 Å². The van der Waals surface area contributed by atoms with Gasteiger partial charge in [-0.2, -0.15) is 4.31 Å². The highest BCUT2D eigenvalue weighted by molar-refractivity contribution is 7.89. The fraction of sp³-hybridized carbons (Fsp3) is 0.435. The zero-order chi connectivity index (χ0) is 24.9. The summed E-state index contributed by atoms with van der Waals surface area (Å²) in [6.45, 7) is 7.46. The Balaban J connectivity index is 1.53. The van der Waals surface area contributed by atoms with Gasteiger partial charge in [0.2, 0.25) is 10.0 Å². The molecule has 1 aliphatic rings. The Morgan fingerprint density at radius 1 is 1.06 bits per heavy atom. The fourth-order valence-electron chi connectivity index (χ4n) is 3.46. The highest BCUT2D eigenvalue weighted by Gasteiger charge is 2.31. The van der Waals surface area contributed by atoms with Crippen molar-refractivity contribution in [3.63, 3.8) is 0 Å². The molecule has 11 heteroatoms. The summed E-state index contributed by atoms with van der Waals surface area (Å²) < 4.78 is 32.8. The van der Waals surface area contributed by atoms with Gasteiger partial charge in [0.1, 0.15) is 0 Å². The zero-order valence-electron chi connectivity index (χ0n) is 19.6. The molecule has 0 bridgehead atoms. The minimum absolute atomic E-state index is 0.109. The number of ether oxygens (including phenoxy) is 1. The molecular weight excluding hydrogens is 460 g/mol. The molecule has 0 aliphatic carbocycles. The van der Waals surface area contributed by atoms with Crippen LogP contribution in [0.3, 0.4) is 0 Å². The fourth-order valence-corrected chi connectivity index (χ4v) is 4.92. The number of piperazine rings is 1. The predicted molar refractivity (Wildman–Crippen MR) is 127 cm³/mol. The van der Waals surface area contributed by atoms with Crippen LogP contribution in [-0.4, -0.2) is 60.4 Å². The van der Waals surface area contributed by atoms with E-state index in [0.717, 1.165) is 17.2 Å². The third-order valence-electron chi connectivity index (χ3n) is 5.30. The number of hydrogen-bond acceptors (Lipinski definition) is 6. The van der Waals surface area contributed by atoms with Crippen molar-refractivity contribution in [1.29, 1.82) is 0 Å². The van der Waals surface area contributed by atoms with Crippen LogP contribution < -0.4 is 5.32 Å². The summed E-state index contributed by atoms with van der Waals surface area (Å²) >= 11 is 0. The van der Waals surface area contributed by atoms with E-state index >= 15 is 0 Å². The molecule has 0 saturated carbocycles. The van der Waals surface area contributed by atoms with Crippen LogP contribution in [0.4, 0.5) is 10.5 Å². The maximum absolute atomic E-state index is 12.9. The van der Waals surface area contributed by atoms with E-state index < -0.39 is 14.9 Å². The van der Waals surface area contributed by atoms with E-state index in [4.69, 9.17) is 4.74 Å². The van der Waals surface area contributed by atoms with Crippen molar-refractivity contribution >= 4 is 21.7 Å². The maximum atomic E-state index is 12.9. The molecule has 2 amide bonds. The smallest absolute Gasteiger partial charge is 0.317 e. The van der Waals surface area contributed by atoms with Gasteiger partial charge in [-0.05, 0) is 38.0 Å². The van der Waals surface area contributed by atoms with E-state index in [-0.39, 0.29) is 48.4 Å². The van der Waals surface area contributed by atoms with Crippen molar-refractivity contribution in [2.24, 2.45) is 0 Å². The number of amides is 2. The lowest BCUT2D eigenvalue weighted by Crippen LogP contribution is -2.52. The van der Waals surface area contributed by atoms with Crippen LogP contribution in [0.15, 0.2) is 53.4 Å². The first-order chi connectivity index (χ1) is 16.0. The number of rotatable bonds is 7. The second kappa shape index (κ2) is 10.5. The minimum atomic E-state index is -3.88. The van der Waals surface area contributed by atoms with E-state index in [9.17, 15) is 23.3 Å². The molecule has 3 rings (SSSR count). The Hall–Kier alpha value is -3.02. The SMILES string of the molecule is CC(C)(C)OCc1cccc(CNC(=O)N2CCN(S(=O)(=O)c3cccc([N+](=O)[O-])c3)CC2)c1. The third kappa shape index (κ3) is 6.75. The summed E-state index contributed by atoms with van der Waals surface area (Å²) in [4.78, 5) is 24.4. The topological polar surface area (TPSA) is 122 Å². The second-order valence-electron chi connectivity index (χ2n) is 9.03. The van der Waals surface area contributed by atoms with Crippen molar-refractivity contribution in [3.8, 4) is 0 Å². The van der Waals surface area contributed by atoms with Gasteiger partial charge in [-0.15, -0.1) is 0 Å². The quantitative estimate of drug-likeness (QED) is 0.470. The van der Waals surface area contributed by atoms with Crippen molar-refractivity contribution in [1.82, 2.24) is 14.5 Å². The molecule has 1 aliphatic heterocycles. The molecule has 0 radical (unpaired) electrons. The number of hydrogen-bond donors (Lipinski definition) is 1. The van der Waals surface area contributed by atoms with E-state index in [0.29, 0.717) is 13.2 Å². The molecule has 10 nitrogen and oxygen atoms in total. The van der Waals surface area contributed by atoms with Crippen LogP contribution in [0.1, 0.15) is 31.9 Å². The lowest BCUT2D eigenvalue weighted by atomic mass is 10.1. The van der Waals surface area contributed by atoms with Crippen LogP contribution in [0.5, 0.6) is 0 Å². The van der Waals surface area contributed by atoms with Crippen LogP contribution in [-0.2, 0) is 27.9 Å². The van der Waals surface area contributed by atoms with Gasteiger partial charge < -0.3 is 15.0 Å². The van der Waals surface area contributed by atoms with Crippen LogP contribution in [0.2, 0.25) is 0 Å². The van der Waals surface area contributed by atoms with Crippen LogP contribution >= 0.6 is 0 Å². The first kappa shape index (κ1) is 25.6. The van der Waals surface area contributed by atoms with Gasteiger partial charge in [0.25, 0.3) is 5.69 Å². The standard InChI is InChI=1S/C23H30N4O6S/c1-23(2,3)33-17-19-7-4-6-18(14-19)16-24-22(28)25-10-12-26(13-11-25)34(31,32)21-9-5-8-20(15-21)27(29)30/h4-9,14-15H,10-13,16-17H2,1-3H3,(H,24,28). The van der Waals surface area contributed by atoms with E-state index in [1.54, 1.807) is 4.90 Å². The summed E-state index contributed by atoms with van der Waals surface area (Å²) in [5.41, 5.74) is 1.43. The first-order valence-corrected chi connectivity index (χ1v) is 12.4. The molecule has 0 atom stereocenters. The largest absolute Gasteiger partial charge is 0.371 e. The molecule has 0 unspecified atom stereocenters. The Labute approximate surface area is 199 Å². The Bertz CT molecular complexity index is 1140. The van der Waals surface area contributed by atoms with Gasteiger partial charge in [0.15, 0.2) is 0 Å². The normalized spacial score (nSPS) is 15.2. The number of nitrogens with one attached hydrogen (secondary N) is 1. The minimum Gasteiger partial charge on any atom is -0.371 e. The number of benzene rings is 2. The van der Waals surface area contributed by atoms with E-state index in [1.165, 1.54) is 22.5 Å². The van der Waals surface area contributed by atoms with Gasteiger partial charge in [-0.25, -0.2) is 13.2 Å². The monoisotopic (exact) mass is 490 g/mol. The van der Waals surface area contributed by atoms with E-state index in [2.05, 4.69) is 5.32 Å². The highest BCUT2D eigenvalue weighted by Crippen LogP contribution is 2.22. The number of nitro groups is 1. The number of urea groups is 1. The average molecular weight is 491 g/mol. The second-order valence-corrected chi connectivity index (χ2v) is 11.0. The highest BCUT2D eigenvalue weighted by atomic mass is 32.2. The molecule has 2 aromatic carbocycles. The molecule has 0 aromatic heterocycles. The summed E-state index contributed by atoms with van der Waals surface area (Å²) in [7, 11) is -3.88. The molecule has 184 valence electrons. The van der Waals surface area contributed by atoms with Crippen LogP contribution in [0.25, 0.3) is 0 Å². The van der Waals surface area contributed by atoms with Gasteiger partial charge in [0.05, 0.1) is 22.0 Å². The van der Waals surface area contributed by atoms with Crippen LogP contribution in [0, 0.1) is 10.1 Å². The maximum Gasteiger partial charge on any atom is 0.317 e. The number of nitrogens with zero attached hydrogens (tertiary/aromatic N) is 3. The summed E-state index contributed by atoms with van der Waals surface area (Å²) in [6, 6.07) is 12.5. The average Bonchev–Trinajstić information content (AvgIpc) is 2.81. The van der Waals surface area contributed by atoms with Crippen molar-refractivity contribution in [2.75, 3.05) is 26.2 Å². The summed E-state index contributed by atoms with van der Waals surface area (Å²) in [5.74, 6) is 0. The van der Waals surface area contributed by atoms with Crippen molar-refractivity contribution in [2.45, 2.75) is 44.4 Å². The van der Waals surface area contributed by atoms with Crippen molar-refractivity contribution < 1.29 is 22.9 Å². The summed E-state index contributed by atoms with van der Waals surface area (Å²) in [6.07, 6.45) is 0. The lowest BCUT2D eigenvalue weighted by Gasteiger charge is -2.34. The Morgan fingerprint density at radius 2 is 1.71 bits per heavy atom. The number of carbonyl (C=O) groups excluding carboxylic acids is 1. The Kier molecular flexibility index (Phi) is 7.90. The predicted octanol–water partition coefficient (Wildman–Crippen LogP) is 3.13. The number of sulfonamides is 1. The van der Waals surface area contributed by atoms with Gasteiger partial charge in [0, 0.05) is 44.9 Å². The van der Waals surface area contributed by atoms with E-state index in [1.807, 2.05) is 45.0 Å². The summed E-state index contributed by atoms with van der Waals surface area (Å²) in [5, 5.41) is 13.8. The first-order valence-electron chi connectivity index (χ1n) is 10.9. The van der Waals surface area contributed by atoms with Gasteiger partial charge >= 0.3 is 6.03 Å². The molecule has 0 spiro atoms. The third-order valence-corrected chi connectivity index (χ3v) is 7.19.